The number of benzene rings is 2. The van der Waals surface area contributed by atoms with Crippen molar-refractivity contribution in [2.24, 2.45) is 5.14 Å². The molecule has 1 amide bonds. The average molecular weight is 339 g/mol. The lowest BCUT2D eigenvalue weighted by atomic mass is 10.0. The van der Waals surface area contributed by atoms with Crippen LogP contribution in [-0.4, -0.2) is 19.3 Å². The number of nitrogens with two attached hydrogens (primary N) is 1. The van der Waals surface area contributed by atoms with Gasteiger partial charge in [0, 0.05) is 39.5 Å². The molecular formula is C17H13N3O3S. The molecule has 1 aliphatic heterocycles. The van der Waals surface area contributed by atoms with Gasteiger partial charge in [-0.1, -0.05) is 18.2 Å². The number of sulfonamides is 1. The highest BCUT2D eigenvalue weighted by Crippen LogP contribution is 2.34. The van der Waals surface area contributed by atoms with Crippen molar-refractivity contribution in [3.63, 3.8) is 0 Å². The minimum atomic E-state index is -3.79. The number of rotatable bonds is 2. The van der Waals surface area contributed by atoms with Crippen molar-refractivity contribution < 1.29 is 13.2 Å². The van der Waals surface area contributed by atoms with Crippen LogP contribution in [0.2, 0.25) is 0 Å². The largest absolute Gasteiger partial charge is 0.361 e. The van der Waals surface area contributed by atoms with Crippen molar-refractivity contribution >= 4 is 44.2 Å². The van der Waals surface area contributed by atoms with Crippen LogP contribution in [0.5, 0.6) is 0 Å². The summed E-state index contributed by atoms with van der Waals surface area (Å²) in [7, 11) is -3.79. The molecule has 1 aromatic heterocycles. The van der Waals surface area contributed by atoms with Crippen LogP contribution in [0.15, 0.2) is 53.6 Å². The van der Waals surface area contributed by atoms with E-state index in [1.807, 2.05) is 24.3 Å². The first-order valence-corrected chi connectivity index (χ1v) is 8.74. The highest BCUT2D eigenvalue weighted by Gasteiger charge is 2.23. The molecule has 0 bridgehead atoms. The number of H-pyrrole nitrogens is 1. The number of nitrogens with one attached hydrogen (secondary N) is 2. The van der Waals surface area contributed by atoms with Crippen molar-refractivity contribution in [3.8, 4) is 0 Å². The standard InChI is InChI=1S/C17H13N3O3S/c18-24(22,23)11-5-6-15-13(8-11)10(9-19-15)7-14-12-3-1-2-4-16(12)20-17(14)21/h1-9,19H,(H,20,21)(H2,18,22,23)/b14-7+. The predicted molar refractivity (Wildman–Crippen MR) is 92.6 cm³/mol. The van der Waals surface area contributed by atoms with E-state index in [1.165, 1.54) is 12.1 Å². The molecular weight excluding hydrogens is 326 g/mol. The van der Waals surface area contributed by atoms with E-state index in [-0.39, 0.29) is 10.8 Å². The molecule has 2 heterocycles. The summed E-state index contributed by atoms with van der Waals surface area (Å²) in [6, 6.07) is 12.0. The number of carbonyl (C=O) groups is 1. The number of carbonyl (C=O) groups excluding carboxylic acids is 1. The van der Waals surface area contributed by atoms with Crippen LogP contribution in [0.4, 0.5) is 5.69 Å². The highest BCUT2D eigenvalue weighted by molar-refractivity contribution is 7.89. The van der Waals surface area contributed by atoms with E-state index in [2.05, 4.69) is 10.3 Å². The van der Waals surface area contributed by atoms with Gasteiger partial charge in [0.25, 0.3) is 5.91 Å². The van der Waals surface area contributed by atoms with E-state index in [9.17, 15) is 13.2 Å². The Morgan fingerprint density at radius 2 is 1.88 bits per heavy atom. The molecule has 0 atom stereocenters. The Balaban J connectivity index is 1.90. The Labute approximate surface area is 138 Å². The summed E-state index contributed by atoms with van der Waals surface area (Å²) < 4.78 is 23.1. The predicted octanol–water partition coefficient (Wildman–Crippen LogP) is 2.31. The molecule has 7 heteroatoms. The maximum absolute atomic E-state index is 12.2. The average Bonchev–Trinajstić information content (AvgIpc) is 3.08. The molecule has 4 N–H and O–H groups in total. The summed E-state index contributed by atoms with van der Waals surface area (Å²) in [5, 5.41) is 8.69. The molecule has 1 aliphatic rings. The third kappa shape index (κ3) is 2.31. The minimum absolute atomic E-state index is 0.0329. The molecule has 0 spiro atoms. The van der Waals surface area contributed by atoms with E-state index in [0.29, 0.717) is 11.0 Å². The molecule has 24 heavy (non-hydrogen) atoms. The second-order valence-electron chi connectivity index (χ2n) is 5.55. The van der Waals surface area contributed by atoms with E-state index >= 15 is 0 Å². The van der Waals surface area contributed by atoms with Crippen molar-refractivity contribution in [2.45, 2.75) is 4.90 Å². The van der Waals surface area contributed by atoms with E-state index in [0.717, 1.165) is 22.3 Å². The van der Waals surface area contributed by atoms with Crippen LogP contribution in [0.25, 0.3) is 22.6 Å². The van der Waals surface area contributed by atoms with Crippen LogP contribution in [0, 0.1) is 0 Å². The fraction of sp³-hybridized carbons (Fsp3) is 0. The number of hydrogen-bond donors (Lipinski definition) is 3. The third-order valence-electron chi connectivity index (χ3n) is 4.02. The number of amides is 1. The molecule has 0 radical (unpaired) electrons. The monoisotopic (exact) mass is 339 g/mol. The summed E-state index contributed by atoms with van der Waals surface area (Å²) in [6.07, 6.45) is 3.48. The van der Waals surface area contributed by atoms with Crippen LogP contribution in [0.1, 0.15) is 11.1 Å². The Bertz CT molecular complexity index is 1130. The van der Waals surface area contributed by atoms with Gasteiger partial charge in [0.05, 0.1) is 4.90 Å². The van der Waals surface area contributed by atoms with Gasteiger partial charge in [-0.2, -0.15) is 0 Å². The Morgan fingerprint density at radius 3 is 2.67 bits per heavy atom. The topological polar surface area (TPSA) is 105 Å². The fourth-order valence-corrected chi connectivity index (χ4v) is 3.40. The zero-order valence-corrected chi connectivity index (χ0v) is 13.2. The molecule has 0 saturated heterocycles. The summed E-state index contributed by atoms with van der Waals surface area (Å²) in [5.74, 6) is -0.187. The van der Waals surface area contributed by atoms with Gasteiger partial charge >= 0.3 is 0 Å². The molecule has 6 nitrogen and oxygen atoms in total. The zero-order chi connectivity index (χ0) is 16.9. The first kappa shape index (κ1) is 14.7. The van der Waals surface area contributed by atoms with Crippen LogP contribution >= 0.6 is 0 Å². The first-order chi connectivity index (χ1) is 11.4. The number of fused-ring (bicyclic) bond motifs is 2. The first-order valence-electron chi connectivity index (χ1n) is 7.20. The minimum Gasteiger partial charge on any atom is -0.361 e. The molecule has 0 aliphatic carbocycles. The number of aromatic nitrogens is 1. The van der Waals surface area contributed by atoms with Crippen molar-refractivity contribution in [2.75, 3.05) is 5.32 Å². The third-order valence-corrected chi connectivity index (χ3v) is 4.93. The molecule has 120 valence electrons. The van der Waals surface area contributed by atoms with Gasteiger partial charge < -0.3 is 10.3 Å². The number of anilines is 1. The number of para-hydroxylation sites is 1. The lowest BCUT2D eigenvalue weighted by Gasteiger charge is -2.00. The van der Waals surface area contributed by atoms with Gasteiger partial charge in [-0.25, -0.2) is 13.6 Å². The van der Waals surface area contributed by atoms with Crippen LogP contribution in [0.3, 0.4) is 0 Å². The maximum atomic E-state index is 12.2. The van der Waals surface area contributed by atoms with Gasteiger partial charge in [0.2, 0.25) is 10.0 Å². The van der Waals surface area contributed by atoms with Crippen LogP contribution < -0.4 is 10.5 Å². The quantitative estimate of drug-likeness (QED) is 0.624. The molecule has 0 fully saturated rings. The molecule has 3 aromatic rings. The SMILES string of the molecule is NS(=O)(=O)c1ccc2[nH]cc(/C=C3/C(=O)Nc4ccccc43)c2c1. The van der Waals surface area contributed by atoms with E-state index < -0.39 is 10.0 Å². The van der Waals surface area contributed by atoms with Gasteiger partial charge in [0.15, 0.2) is 0 Å². The summed E-state index contributed by atoms with van der Waals surface area (Å²) in [6.45, 7) is 0. The van der Waals surface area contributed by atoms with E-state index in [1.54, 1.807) is 18.3 Å². The Morgan fingerprint density at radius 1 is 1.08 bits per heavy atom. The second-order valence-corrected chi connectivity index (χ2v) is 7.12. The molecule has 0 saturated carbocycles. The smallest absolute Gasteiger partial charge is 0.256 e. The van der Waals surface area contributed by atoms with E-state index in [4.69, 9.17) is 5.14 Å². The Hall–Kier alpha value is -2.90. The van der Waals surface area contributed by atoms with Crippen molar-refractivity contribution in [3.05, 3.63) is 59.8 Å². The Kier molecular flexibility index (Phi) is 3.09. The number of aromatic amines is 1. The van der Waals surface area contributed by atoms with Crippen molar-refractivity contribution in [1.82, 2.24) is 4.98 Å². The number of primary sulfonamides is 1. The summed E-state index contributed by atoms with van der Waals surface area (Å²) >= 11 is 0. The van der Waals surface area contributed by atoms with Gasteiger partial charge in [-0.3, -0.25) is 4.79 Å². The lowest BCUT2D eigenvalue weighted by Crippen LogP contribution is -2.11. The molecule has 0 unspecified atom stereocenters. The summed E-state index contributed by atoms with van der Waals surface area (Å²) in [4.78, 5) is 15.3. The highest BCUT2D eigenvalue weighted by atomic mass is 32.2. The normalized spacial score (nSPS) is 15.7. The van der Waals surface area contributed by atoms with Gasteiger partial charge in [-0.15, -0.1) is 0 Å². The van der Waals surface area contributed by atoms with Crippen LogP contribution in [-0.2, 0) is 14.8 Å². The van der Waals surface area contributed by atoms with Crippen molar-refractivity contribution in [1.29, 1.82) is 0 Å². The van der Waals surface area contributed by atoms with Gasteiger partial charge in [0.1, 0.15) is 0 Å². The molecule has 2 aromatic carbocycles. The zero-order valence-electron chi connectivity index (χ0n) is 12.4. The second kappa shape index (κ2) is 5.05. The number of hydrogen-bond acceptors (Lipinski definition) is 3. The molecule has 4 rings (SSSR count). The maximum Gasteiger partial charge on any atom is 0.256 e. The van der Waals surface area contributed by atoms with Gasteiger partial charge in [-0.05, 0) is 30.3 Å². The lowest BCUT2D eigenvalue weighted by molar-refractivity contribution is -0.110. The fourth-order valence-electron chi connectivity index (χ4n) is 2.86. The summed E-state index contributed by atoms with van der Waals surface area (Å²) in [5.41, 5.74) is 3.60.